The summed E-state index contributed by atoms with van der Waals surface area (Å²) in [5, 5.41) is 2.44. The minimum atomic E-state index is -3.69. The summed E-state index contributed by atoms with van der Waals surface area (Å²) >= 11 is 0. The van der Waals surface area contributed by atoms with Crippen molar-refractivity contribution in [3.63, 3.8) is 0 Å². The zero-order chi connectivity index (χ0) is 43.1. The average molecular weight is 853 g/mol. The lowest BCUT2D eigenvalue weighted by Gasteiger charge is -2.55. The second kappa shape index (κ2) is 19.7. The fraction of sp³-hybridized carbons (Fsp3) is 0.614. The van der Waals surface area contributed by atoms with Gasteiger partial charge in [-0.2, -0.15) is 9.59 Å². The van der Waals surface area contributed by atoms with Crippen molar-refractivity contribution in [2.75, 3.05) is 105 Å². The van der Waals surface area contributed by atoms with Crippen LogP contribution in [0.3, 0.4) is 0 Å². The van der Waals surface area contributed by atoms with Gasteiger partial charge in [0.15, 0.2) is 9.84 Å². The number of likely N-dealkylation sites (tertiary alicyclic amines) is 2. The molecule has 5 aliphatic rings. The topological polar surface area (TPSA) is 149 Å². The maximum absolute atomic E-state index is 15.1. The highest BCUT2D eigenvalue weighted by molar-refractivity contribution is 7.92. The van der Waals surface area contributed by atoms with Gasteiger partial charge in [0.2, 0.25) is 5.91 Å². The van der Waals surface area contributed by atoms with E-state index in [1.54, 1.807) is 30.2 Å². The van der Waals surface area contributed by atoms with Crippen LogP contribution in [0.5, 0.6) is 0 Å². The minimum absolute atomic E-state index is 0.0381. The number of nitrogens with zero attached hydrogens (tertiary/aromatic N) is 5. The lowest BCUT2D eigenvalue weighted by atomic mass is 9.57. The van der Waals surface area contributed by atoms with Crippen LogP contribution in [0.2, 0.25) is 0 Å². The number of alkyl carbamates (subject to hydrolysis) is 1. The molecule has 2 aromatic rings. The number of amides is 2. The first-order valence-electron chi connectivity index (χ1n) is 21.1. The number of ether oxygens (including phenoxy) is 2. The molecule has 4 heterocycles. The number of nitrogens with one attached hydrogen (secondary N) is 1. The normalized spacial score (nSPS) is 25.0. The summed E-state index contributed by atoms with van der Waals surface area (Å²) in [5.41, 5.74) is 1.31. The predicted molar refractivity (Wildman–Crippen MR) is 224 cm³/mol. The number of methoxy groups -OCH3 is 2. The van der Waals surface area contributed by atoms with Crippen LogP contribution in [0.15, 0.2) is 66.1 Å². The zero-order valence-corrected chi connectivity index (χ0v) is 36.0. The van der Waals surface area contributed by atoms with Crippen LogP contribution in [-0.4, -0.2) is 163 Å². The Morgan fingerprint density at radius 1 is 0.950 bits per heavy atom. The molecule has 16 heteroatoms. The SMILES string of the molecule is C=CC(=O)N1CCN(C)CC(S(=O)(=O)c2ccc(N3CC(CN4CCC([C@@](CN5CCC5)(c5cccc(F)c5)[C@H]5CCC[C@@H]5NC(=O)OC)CC4)(OC)C3)cc2)C1.O=C=O. The Labute approximate surface area is 353 Å². The van der Waals surface area contributed by atoms with E-state index in [0.29, 0.717) is 38.6 Å². The van der Waals surface area contributed by atoms with Gasteiger partial charge in [-0.05, 0) is 125 Å². The molecule has 1 N–H and O–H groups in total. The van der Waals surface area contributed by atoms with E-state index in [9.17, 15) is 18.0 Å². The predicted octanol–water partition coefficient (Wildman–Crippen LogP) is 3.43. The highest BCUT2D eigenvalue weighted by Gasteiger charge is 2.54. The average Bonchev–Trinajstić information content (AvgIpc) is 3.58. The van der Waals surface area contributed by atoms with Gasteiger partial charge in [-0.3, -0.25) is 4.79 Å². The van der Waals surface area contributed by atoms with Crippen LogP contribution < -0.4 is 10.2 Å². The molecule has 4 aliphatic heterocycles. The van der Waals surface area contributed by atoms with Crippen LogP contribution in [0, 0.1) is 17.7 Å². The highest BCUT2D eigenvalue weighted by Crippen LogP contribution is 2.51. The number of halogens is 1. The third-order valence-electron chi connectivity index (χ3n) is 13.8. The molecule has 4 atom stereocenters. The van der Waals surface area contributed by atoms with E-state index < -0.39 is 21.2 Å². The second-order valence-electron chi connectivity index (χ2n) is 17.2. The Hall–Kier alpha value is -4.18. The molecule has 2 amide bonds. The van der Waals surface area contributed by atoms with E-state index >= 15 is 4.39 Å². The highest BCUT2D eigenvalue weighted by atomic mass is 32.2. The lowest BCUT2D eigenvalue weighted by Crippen LogP contribution is -2.68. The maximum atomic E-state index is 15.1. The van der Waals surface area contributed by atoms with Gasteiger partial charge in [-0.1, -0.05) is 25.1 Å². The lowest BCUT2D eigenvalue weighted by molar-refractivity contribution is -0.191. The number of anilines is 1. The van der Waals surface area contributed by atoms with Crippen molar-refractivity contribution in [1.29, 1.82) is 0 Å². The summed E-state index contributed by atoms with van der Waals surface area (Å²) in [7, 11) is 1.38. The van der Waals surface area contributed by atoms with Gasteiger partial charge in [0.05, 0.1) is 30.3 Å². The zero-order valence-electron chi connectivity index (χ0n) is 35.2. The van der Waals surface area contributed by atoms with E-state index in [-0.39, 0.29) is 52.3 Å². The molecule has 0 radical (unpaired) electrons. The van der Waals surface area contributed by atoms with Crippen LogP contribution in [-0.2, 0) is 39.1 Å². The number of carbonyl (C=O) groups excluding carboxylic acids is 4. The van der Waals surface area contributed by atoms with E-state index in [1.807, 2.05) is 30.1 Å². The number of hydrogen-bond donors (Lipinski definition) is 1. The fourth-order valence-corrected chi connectivity index (χ4v) is 12.3. The molecular formula is C44H61FN6O8S. The molecular weight excluding hydrogens is 792 g/mol. The van der Waals surface area contributed by atoms with Gasteiger partial charge in [0.1, 0.15) is 11.4 Å². The van der Waals surface area contributed by atoms with E-state index in [4.69, 9.17) is 19.1 Å². The Bertz CT molecular complexity index is 1950. The van der Waals surface area contributed by atoms with Crippen LogP contribution in [0.1, 0.15) is 44.1 Å². The summed E-state index contributed by atoms with van der Waals surface area (Å²) in [6.07, 6.45) is 7.05. The molecule has 1 unspecified atom stereocenters. The molecule has 5 fully saturated rings. The molecule has 0 aromatic heterocycles. The first-order valence-corrected chi connectivity index (χ1v) is 22.6. The molecule has 7 rings (SSSR count). The first-order chi connectivity index (χ1) is 28.8. The monoisotopic (exact) mass is 852 g/mol. The number of sulfone groups is 1. The number of piperidine rings is 1. The quantitative estimate of drug-likeness (QED) is 0.295. The van der Waals surface area contributed by atoms with Crippen molar-refractivity contribution in [3.05, 3.63) is 72.6 Å². The number of carbonyl (C=O) groups is 2. The van der Waals surface area contributed by atoms with Gasteiger partial charge in [-0.15, -0.1) is 0 Å². The third kappa shape index (κ3) is 9.79. The van der Waals surface area contributed by atoms with Crippen LogP contribution in [0.25, 0.3) is 0 Å². The number of rotatable bonds is 13. The summed E-state index contributed by atoms with van der Waals surface area (Å²) in [5.74, 6) is -0.0126. The Balaban J connectivity index is 0.00000195. The summed E-state index contributed by atoms with van der Waals surface area (Å²) in [4.78, 5) is 52.3. The number of hydrogen-bond acceptors (Lipinski definition) is 12. The molecule has 0 spiro atoms. The Kier molecular flexibility index (Phi) is 14.9. The second-order valence-corrected chi connectivity index (χ2v) is 19.5. The molecule has 1 saturated carbocycles. The molecule has 328 valence electrons. The molecule has 2 aromatic carbocycles. The standard InChI is InChI=1S/C43H61FN6O6S.CO2/c1-5-40(51)49-24-23-46(2)26-37(27-49)57(53,54)36-15-13-35(14-16-36)50-29-42(30-50,56-4)28-48-21-17-32(18-22-48)43(31-47-19-8-20-47,33-9-6-10-34(44)25-33)38-11-7-12-39(38)45-41(52)55-3;2-1-3/h5-6,9-10,13-16,25,32,37-39H,1,7-8,11-12,17-24,26-31H2,2-4H3,(H,45,52);/t37?,38-,39-,43-;/m0./s1. The molecule has 4 saturated heterocycles. The van der Waals surface area contributed by atoms with Crippen molar-refractivity contribution < 1.29 is 41.5 Å². The van der Waals surface area contributed by atoms with Gasteiger partial charge in [0, 0.05) is 63.5 Å². The van der Waals surface area contributed by atoms with Crippen molar-refractivity contribution in [1.82, 2.24) is 24.9 Å². The van der Waals surface area contributed by atoms with Gasteiger partial charge in [-0.25, -0.2) is 17.6 Å². The van der Waals surface area contributed by atoms with Gasteiger partial charge >= 0.3 is 12.2 Å². The van der Waals surface area contributed by atoms with Crippen molar-refractivity contribution in [2.24, 2.45) is 11.8 Å². The van der Waals surface area contributed by atoms with Crippen LogP contribution >= 0.6 is 0 Å². The largest absolute Gasteiger partial charge is 0.453 e. The summed E-state index contributed by atoms with van der Waals surface area (Å²) < 4.78 is 54.0. The van der Waals surface area contributed by atoms with E-state index in [2.05, 4.69) is 32.7 Å². The fourth-order valence-electron chi connectivity index (χ4n) is 10.6. The summed E-state index contributed by atoms with van der Waals surface area (Å²) in [6, 6.07) is 14.3. The Morgan fingerprint density at radius 3 is 2.25 bits per heavy atom. The Morgan fingerprint density at radius 2 is 1.65 bits per heavy atom. The van der Waals surface area contributed by atoms with E-state index in [1.165, 1.54) is 25.7 Å². The minimum Gasteiger partial charge on any atom is -0.453 e. The van der Waals surface area contributed by atoms with Crippen LogP contribution in [0.4, 0.5) is 14.9 Å². The molecule has 1 aliphatic carbocycles. The first kappa shape index (κ1) is 45.3. The van der Waals surface area contributed by atoms with Crippen molar-refractivity contribution >= 4 is 33.7 Å². The number of benzene rings is 2. The van der Waals surface area contributed by atoms with Crippen molar-refractivity contribution in [2.45, 2.75) is 65.7 Å². The maximum Gasteiger partial charge on any atom is 0.407 e. The van der Waals surface area contributed by atoms with Crippen molar-refractivity contribution in [3.8, 4) is 0 Å². The van der Waals surface area contributed by atoms with E-state index in [0.717, 1.165) is 82.6 Å². The molecule has 0 bridgehead atoms. The smallest absolute Gasteiger partial charge is 0.407 e. The molecule has 14 nitrogen and oxygen atoms in total. The summed E-state index contributed by atoms with van der Waals surface area (Å²) in [6.45, 7) is 12.0. The van der Waals surface area contributed by atoms with Gasteiger partial charge < -0.3 is 39.3 Å². The third-order valence-corrected chi connectivity index (χ3v) is 15.9. The number of likely N-dealkylation sites (N-methyl/N-ethyl adjacent to an activating group) is 1. The molecule has 60 heavy (non-hydrogen) atoms. The van der Waals surface area contributed by atoms with Gasteiger partial charge in [0.25, 0.3) is 0 Å².